The van der Waals surface area contributed by atoms with Crippen LogP contribution >= 0.6 is 0 Å². The zero-order chi connectivity index (χ0) is 17.0. The zero-order valence-corrected chi connectivity index (χ0v) is 13.9. The number of aromatic nitrogens is 1. The van der Waals surface area contributed by atoms with E-state index >= 15 is 0 Å². The monoisotopic (exact) mass is 316 g/mol. The van der Waals surface area contributed by atoms with E-state index in [1.807, 2.05) is 45.2 Å². The average molecular weight is 316 g/mol. The van der Waals surface area contributed by atoms with Crippen molar-refractivity contribution in [2.45, 2.75) is 52.0 Å². The summed E-state index contributed by atoms with van der Waals surface area (Å²) in [6.07, 6.45) is 3.22. The van der Waals surface area contributed by atoms with E-state index in [0.29, 0.717) is 12.8 Å². The normalized spacial score (nSPS) is 11.6. The van der Waals surface area contributed by atoms with Crippen molar-refractivity contribution in [3.8, 4) is 0 Å². The van der Waals surface area contributed by atoms with Gasteiger partial charge in [-0.25, -0.2) is 0 Å². The Morgan fingerprint density at radius 2 is 1.96 bits per heavy atom. The highest BCUT2D eigenvalue weighted by atomic mass is 16.4. The van der Waals surface area contributed by atoms with Gasteiger partial charge in [-0.2, -0.15) is 0 Å². The van der Waals surface area contributed by atoms with E-state index in [2.05, 4.69) is 10.3 Å². The molecule has 0 unspecified atom stereocenters. The summed E-state index contributed by atoms with van der Waals surface area (Å²) >= 11 is 0. The molecule has 1 aromatic carbocycles. The Labute approximate surface area is 136 Å². The number of nitrogens with one attached hydrogen (secondary N) is 2. The summed E-state index contributed by atoms with van der Waals surface area (Å²) in [4.78, 5) is 26.7. The number of benzene rings is 1. The van der Waals surface area contributed by atoms with Crippen molar-refractivity contribution in [3.05, 3.63) is 35.5 Å². The average Bonchev–Trinajstić information content (AvgIpc) is 2.90. The molecule has 0 saturated carbocycles. The Bertz CT molecular complexity index is 714. The van der Waals surface area contributed by atoms with Gasteiger partial charge in [0.15, 0.2) is 0 Å². The van der Waals surface area contributed by atoms with Crippen molar-refractivity contribution < 1.29 is 14.7 Å². The molecule has 0 saturated heterocycles. The number of amides is 1. The van der Waals surface area contributed by atoms with Crippen LogP contribution in [0, 0.1) is 6.92 Å². The molecule has 124 valence electrons. The first-order valence-corrected chi connectivity index (χ1v) is 7.99. The van der Waals surface area contributed by atoms with Gasteiger partial charge >= 0.3 is 5.97 Å². The van der Waals surface area contributed by atoms with Crippen molar-refractivity contribution in [2.75, 3.05) is 0 Å². The number of carboxylic acids is 1. The molecule has 1 amide bonds. The number of rotatable bonds is 7. The third kappa shape index (κ3) is 3.73. The van der Waals surface area contributed by atoms with Gasteiger partial charge in [-0.05, 0) is 37.0 Å². The molecule has 5 heteroatoms. The molecule has 0 atom stereocenters. The molecule has 0 spiro atoms. The van der Waals surface area contributed by atoms with E-state index in [0.717, 1.165) is 22.0 Å². The fourth-order valence-corrected chi connectivity index (χ4v) is 3.11. The van der Waals surface area contributed by atoms with E-state index in [4.69, 9.17) is 5.11 Å². The van der Waals surface area contributed by atoms with Gasteiger partial charge in [0.2, 0.25) is 5.91 Å². The quantitative estimate of drug-likeness (QED) is 0.734. The SMILES string of the molecule is CCC(CC)(CC(=O)O)NC(=O)Cc1c[nH]c2cccc(C)c12. The fourth-order valence-electron chi connectivity index (χ4n) is 3.11. The maximum atomic E-state index is 12.5. The van der Waals surface area contributed by atoms with Gasteiger partial charge < -0.3 is 15.4 Å². The predicted octanol–water partition coefficient (Wildman–Crippen LogP) is 3.17. The Kier molecular flexibility index (Phi) is 5.08. The van der Waals surface area contributed by atoms with Crippen LogP contribution in [0.4, 0.5) is 0 Å². The lowest BCUT2D eigenvalue weighted by Gasteiger charge is -2.31. The fraction of sp³-hybridized carbons (Fsp3) is 0.444. The number of aliphatic carboxylic acids is 1. The molecule has 1 aromatic heterocycles. The Morgan fingerprint density at radius 1 is 1.26 bits per heavy atom. The van der Waals surface area contributed by atoms with Crippen LogP contribution in [0.5, 0.6) is 0 Å². The van der Waals surface area contributed by atoms with Crippen molar-refractivity contribution in [1.82, 2.24) is 10.3 Å². The van der Waals surface area contributed by atoms with Crippen LogP contribution in [-0.2, 0) is 16.0 Å². The molecule has 0 aliphatic carbocycles. The molecule has 3 N–H and O–H groups in total. The molecule has 2 aromatic rings. The lowest BCUT2D eigenvalue weighted by atomic mass is 9.88. The van der Waals surface area contributed by atoms with E-state index in [1.165, 1.54) is 0 Å². The minimum Gasteiger partial charge on any atom is -0.481 e. The number of hydrogen-bond acceptors (Lipinski definition) is 2. The van der Waals surface area contributed by atoms with Crippen LogP contribution in [-0.4, -0.2) is 27.5 Å². The minimum atomic E-state index is -0.892. The molecule has 0 bridgehead atoms. The standard InChI is InChI=1S/C18H24N2O3/c1-4-18(5-2,10-16(22)23)20-15(21)9-13-11-19-14-8-6-7-12(3)17(13)14/h6-8,11,19H,4-5,9-10H2,1-3H3,(H,20,21)(H,22,23). The van der Waals surface area contributed by atoms with Gasteiger partial charge in [0.25, 0.3) is 0 Å². The predicted molar refractivity (Wildman–Crippen MR) is 90.4 cm³/mol. The molecular weight excluding hydrogens is 292 g/mol. The summed E-state index contributed by atoms with van der Waals surface area (Å²) in [5, 5.41) is 13.1. The number of carbonyl (C=O) groups excluding carboxylic acids is 1. The maximum absolute atomic E-state index is 12.5. The first-order chi connectivity index (χ1) is 10.9. The molecule has 2 rings (SSSR count). The highest BCUT2D eigenvalue weighted by Gasteiger charge is 2.31. The second-order valence-corrected chi connectivity index (χ2v) is 6.09. The number of aromatic amines is 1. The van der Waals surface area contributed by atoms with Gasteiger partial charge in [-0.1, -0.05) is 26.0 Å². The van der Waals surface area contributed by atoms with Crippen molar-refractivity contribution in [3.63, 3.8) is 0 Å². The van der Waals surface area contributed by atoms with E-state index < -0.39 is 11.5 Å². The lowest BCUT2D eigenvalue weighted by molar-refractivity contribution is -0.139. The van der Waals surface area contributed by atoms with Crippen molar-refractivity contribution in [1.29, 1.82) is 0 Å². The third-order valence-corrected chi connectivity index (χ3v) is 4.59. The van der Waals surface area contributed by atoms with E-state index in [-0.39, 0.29) is 18.7 Å². The van der Waals surface area contributed by atoms with Crippen molar-refractivity contribution in [2.24, 2.45) is 0 Å². The smallest absolute Gasteiger partial charge is 0.305 e. The number of fused-ring (bicyclic) bond motifs is 1. The number of H-pyrrole nitrogens is 1. The van der Waals surface area contributed by atoms with Crippen LogP contribution in [0.2, 0.25) is 0 Å². The number of aryl methyl sites for hydroxylation is 1. The highest BCUT2D eigenvalue weighted by Crippen LogP contribution is 2.24. The summed E-state index contributed by atoms with van der Waals surface area (Å²) in [7, 11) is 0. The number of hydrogen-bond donors (Lipinski definition) is 3. The van der Waals surface area contributed by atoms with Gasteiger partial charge in [-0.3, -0.25) is 9.59 Å². The molecule has 0 aliphatic rings. The molecule has 23 heavy (non-hydrogen) atoms. The Hall–Kier alpha value is -2.30. The summed E-state index contributed by atoms with van der Waals surface area (Å²) in [6, 6.07) is 5.98. The Balaban J connectivity index is 2.19. The van der Waals surface area contributed by atoms with Crippen LogP contribution in [0.15, 0.2) is 24.4 Å². The van der Waals surface area contributed by atoms with Crippen LogP contribution in [0.3, 0.4) is 0 Å². The molecule has 0 radical (unpaired) electrons. The van der Waals surface area contributed by atoms with Crippen LogP contribution in [0.1, 0.15) is 44.2 Å². The van der Waals surface area contributed by atoms with Gasteiger partial charge in [0.05, 0.1) is 12.8 Å². The second kappa shape index (κ2) is 6.86. The van der Waals surface area contributed by atoms with Gasteiger partial charge in [0.1, 0.15) is 0 Å². The first kappa shape index (κ1) is 17.1. The largest absolute Gasteiger partial charge is 0.481 e. The summed E-state index contributed by atoms with van der Waals surface area (Å²) in [5.41, 5.74) is 2.39. The highest BCUT2D eigenvalue weighted by molar-refractivity contribution is 5.91. The van der Waals surface area contributed by atoms with Gasteiger partial charge in [-0.15, -0.1) is 0 Å². The zero-order valence-electron chi connectivity index (χ0n) is 13.9. The van der Waals surface area contributed by atoms with Crippen LogP contribution < -0.4 is 5.32 Å². The summed E-state index contributed by atoms with van der Waals surface area (Å²) < 4.78 is 0. The third-order valence-electron chi connectivity index (χ3n) is 4.59. The first-order valence-electron chi connectivity index (χ1n) is 7.99. The second-order valence-electron chi connectivity index (χ2n) is 6.09. The Morgan fingerprint density at radius 3 is 2.57 bits per heavy atom. The number of carboxylic acid groups (broad SMARTS) is 1. The molecule has 0 aliphatic heterocycles. The topological polar surface area (TPSA) is 82.2 Å². The molecule has 0 fully saturated rings. The minimum absolute atomic E-state index is 0.0569. The molecule has 1 heterocycles. The summed E-state index contributed by atoms with van der Waals surface area (Å²) in [6.45, 7) is 5.83. The summed E-state index contributed by atoms with van der Waals surface area (Å²) in [5.74, 6) is -1.03. The van der Waals surface area contributed by atoms with Crippen molar-refractivity contribution >= 4 is 22.8 Å². The maximum Gasteiger partial charge on any atom is 0.305 e. The van der Waals surface area contributed by atoms with Crippen LogP contribution in [0.25, 0.3) is 10.9 Å². The number of carbonyl (C=O) groups is 2. The molecule has 5 nitrogen and oxygen atoms in total. The van der Waals surface area contributed by atoms with E-state index in [9.17, 15) is 9.59 Å². The molecular formula is C18H24N2O3. The van der Waals surface area contributed by atoms with E-state index in [1.54, 1.807) is 0 Å². The lowest BCUT2D eigenvalue weighted by Crippen LogP contribution is -2.49. The van der Waals surface area contributed by atoms with Gasteiger partial charge in [0, 0.05) is 22.6 Å².